The van der Waals surface area contributed by atoms with E-state index >= 15 is 0 Å². The summed E-state index contributed by atoms with van der Waals surface area (Å²) in [5, 5.41) is 0. The summed E-state index contributed by atoms with van der Waals surface area (Å²) < 4.78 is 14.2. The highest BCUT2D eigenvalue weighted by molar-refractivity contribution is 6.16. The third kappa shape index (κ3) is 6.17. The maximum absolute atomic E-state index is 14.2. The first-order chi connectivity index (χ1) is 14.3. The van der Waals surface area contributed by atoms with Crippen LogP contribution < -0.4 is 0 Å². The Labute approximate surface area is 183 Å². The Kier molecular flexibility index (Phi) is 9.08. The summed E-state index contributed by atoms with van der Waals surface area (Å²) in [6, 6.07) is 5.31. The van der Waals surface area contributed by atoms with Crippen LogP contribution in [0.1, 0.15) is 84.8 Å². The highest BCUT2D eigenvalue weighted by Crippen LogP contribution is 2.29. The summed E-state index contributed by atoms with van der Waals surface area (Å²) in [4.78, 5) is 7.56. The number of likely N-dealkylation sites (tertiary alicyclic amines) is 1. The lowest BCUT2D eigenvalue weighted by Gasteiger charge is -2.31. The second-order valence-corrected chi connectivity index (χ2v) is 8.45. The zero-order chi connectivity index (χ0) is 22.3. The van der Waals surface area contributed by atoms with Gasteiger partial charge in [-0.15, -0.1) is 0 Å². The van der Waals surface area contributed by atoms with E-state index in [2.05, 4.69) is 58.6 Å². The van der Waals surface area contributed by atoms with Gasteiger partial charge in [-0.05, 0) is 107 Å². The largest absolute Gasteiger partial charge is 0.375 e. The van der Waals surface area contributed by atoms with E-state index in [4.69, 9.17) is 4.99 Å². The number of nitrogens with zero attached hydrogens (tertiary/aromatic N) is 2. The third-order valence-corrected chi connectivity index (χ3v) is 6.07. The number of piperidine rings is 1. The van der Waals surface area contributed by atoms with Crippen LogP contribution in [0.15, 0.2) is 51.8 Å². The molecular weight excluding hydrogens is 371 g/mol. The smallest absolute Gasteiger partial charge is 0.124 e. The third-order valence-electron chi connectivity index (χ3n) is 6.07. The molecule has 1 aliphatic heterocycles. The van der Waals surface area contributed by atoms with E-state index < -0.39 is 0 Å². The SMILES string of the molecule is CC/C=C(\C)N=C(/C(C)=C(\CC)c1cc(C)cc(F)c1)/C(C)=C(\C)N1CCCCC1. The van der Waals surface area contributed by atoms with E-state index in [1.165, 1.54) is 30.5 Å². The first-order valence-electron chi connectivity index (χ1n) is 11.4. The molecule has 3 heteroatoms. The standard InChI is InChI=1S/C27H39FN2/c1-8-13-20(4)29-27(21(5)23(7)30-14-11-10-12-15-30)22(6)26(9-2)24-16-19(3)17-25(28)18-24/h13,16-18H,8-12,14-15H2,1-7H3/b20-13+,23-21+,26-22+,29-27?. The number of rotatable bonds is 7. The zero-order valence-electron chi connectivity index (χ0n) is 20.0. The van der Waals surface area contributed by atoms with E-state index in [0.717, 1.165) is 59.6 Å². The Morgan fingerprint density at radius 2 is 1.67 bits per heavy atom. The van der Waals surface area contributed by atoms with Gasteiger partial charge >= 0.3 is 0 Å². The van der Waals surface area contributed by atoms with Crippen LogP contribution in [-0.2, 0) is 0 Å². The predicted molar refractivity (Wildman–Crippen MR) is 129 cm³/mol. The van der Waals surface area contributed by atoms with Crippen molar-refractivity contribution in [3.63, 3.8) is 0 Å². The first kappa shape index (κ1) is 24.1. The van der Waals surface area contributed by atoms with Crippen LogP contribution in [0.5, 0.6) is 0 Å². The minimum absolute atomic E-state index is 0.180. The van der Waals surface area contributed by atoms with Crippen molar-refractivity contribution in [1.82, 2.24) is 4.90 Å². The van der Waals surface area contributed by atoms with E-state index in [0.29, 0.717) is 0 Å². The highest BCUT2D eigenvalue weighted by Gasteiger charge is 2.18. The Morgan fingerprint density at radius 1 is 1.00 bits per heavy atom. The normalized spacial score (nSPS) is 17.7. The van der Waals surface area contributed by atoms with Crippen LogP contribution in [-0.4, -0.2) is 23.7 Å². The zero-order valence-corrected chi connectivity index (χ0v) is 20.0. The van der Waals surface area contributed by atoms with E-state index in [1.807, 2.05) is 6.92 Å². The lowest BCUT2D eigenvalue weighted by atomic mass is 9.91. The Balaban J connectivity index is 2.65. The maximum Gasteiger partial charge on any atom is 0.124 e. The average Bonchev–Trinajstić information content (AvgIpc) is 2.71. The average molecular weight is 411 g/mol. The second-order valence-electron chi connectivity index (χ2n) is 8.45. The van der Waals surface area contributed by atoms with E-state index in [9.17, 15) is 4.39 Å². The van der Waals surface area contributed by atoms with Crippen molar-refractivity contribution in [3.05, 3.63) is 63.8 Å². The number of halogens is 1. The minimum atomic E-state index is -0.180. The molecule has 30 heavy (non-hydrogen) atoms. The molecule has 1 aliphatic rings. The van der Waals surface area contributed by atoms with Gasteiger partial charge in [0.2, 0.25) is 0 Å². The molecule has 0 saturated carbocycles. The highest BCUT2D eigenvalue weighted by atomic mass is 19.1. The summed E-state index contributed by atoms with van der Waals surface area (Å²) in [6.07, 6.45) is 7.78. The van der Waals surface area contributed by atoms with Crippen molar-refractivity contribution >= 4 is 11.3 Å². The van der Waals surface area contributed by atoms with Gasteiger partial charge in [0.15, 0.2) is 0 Å². The fourth-order valence-corrected chi connectivity index (χ4v) is 4.34. The number of aliphatic imine (C=N–C) groups is 1. The van der Waals surface area contributed by atoms with E-state index in [-0.39, 0.29) is 5.82 Å². The molecule has 0 aliphatic carbocycles. The van der Waals surface area contributed by atoms with Crippen molar-refractivity contribution in [2.75, 3.05) is 13.1 Å². The molecule has 2 rings (SSSR count). The minimum Gasteiger partial charge on any atom is -0.375 e. The summed E-state index contributed by atoms with van der Waals surface area (Å²) in [7, 11) is 0. The fourth-order valence-electron chi connectivity index (χ4n) is 4.34. The molecule has 0 bridgehead atoms. The molecule has 2 nitrogen and oxygen atoms in total. The predicted octanol–water partition coefficient (Wildman–Crippen LogP) is 7.85. The molecule has 0 unspecified atom stereocenters. The van der Waals surface area contributed by atoms with Crippen LogP contribution in [0.2, 0.25) is 0 Å². The number of benzene rings is 1. The monoisotopic (exact) mass is 410 g/mol. The van der Waals surface area contributed by atoms with Gasteiger partial charge in [-0.3, -0.25) is 4.99 Å². The topological polar surface area (TPSA) is 15.6 Å². The van der Waals surface area contributed by atoms with Crippen LogP contribution in [0, 0.1) is 12.7 Å². The lowest BCUT2D eigenvalue weighted by molar-refractivity contribution is 0.284. The number of allylic oxidation sites excluding steroid dienone is 6. The van der Waals surface area contributed by atoms with Crippen LogP contribution in [0.25, 0.3) is 5.57 Å². The van der Waals surface area contributed by atoms with Crippen molar-refractivity contribution in [2.45, 2.75) is 80.6 Å². The number of hydrogen-bond acceptors (Lipinski definition) is 2. The molecule has 0 spiro atoms. The summed E-state index contributed by atoms with van der Waals surface area (Å²) in [5.41, 5.74) is 8.79. The molecule has 1 aromatic carbocycles. The first-order valence-corrected chi connectivity index (χ1v) is 11.4. The second kappa shape index (κ2) is 11.3. The van der Waals surface area contributed by atoms with Crippen LogP contribution in [0.3, 0.4) is 0 Å². The summed E-state index contributed by atoms with van der Waals surface area (Å²) >= 11 is 0. The fraction of sp³-hybridized carbons (Fsp3) is 0.519. The molecule has 0 aromatic heterocycles. The maximum atomic E-state index is 14.2. The molecule has 1 heterocycles. The molecule has 164 valence electrons. The van der Waals surface area contributed by atoms with Gasteiger partial charge in [-0.2, -0.15) is 0 Å². The van der Waals surface area contributed by atoms with Gasteiger partial charge in [0.25, 0.3) is 0 Å². The lowest BCUT2D eigenvalue weighted by Crippen LogP contribution is -2.29. The van der Waals surface area contributed by atoms with Crippen molar-refractivity contribution < 1.29 is 4.39 Å². The van der Waals surface area contributed by atoms with E-state index in [1.54, 1.807) is 12.1 Å². The number of aryl methyl sites for hydroxylation is 1. The molecule has 0 N–H and O–H groups in total. The van der Waals surface area contributed by atoms with Crippen LogP contribution >= 0.6 is 0 Å². The Hall–Kier alpha value is -2.16. The molecule has 0 atom stereocenters. The molecule has 1 aromatic rings. The summed E-state index contributed by atoms with van der Waals surface area (Å²) in [6.45, 7) is 17.1. The van der Waals surface area contributed by atoms with Gasteiger partial charge in [0.05, 0.1) is 5.71 Å². The Bertz CT molecular complexity index is 845. The van der Waals surface area contributed by atoms with Gasteiger partial charge in [-0.25, -0.2) is 4.39 Å². The van der Waals surface area contributed by atoms with Gasteiger partial charge < -0.3 is 4.90 Å². The summed E-state index contributed by atoms with van der Waals surface area (Å²) in [5.74, 6) is -0.180. The van der Waals surface area contributed by atoms with Crippen molar-refractivity contribution in [1.29, 1.82) is 0 Å². The van der Waals surface area contributed by atoms with Crippen LogP contribution in [0.4, 0.5) is 4.39 Å². The van der Waals surface area contributed by atoms with Gasteiger partial charge in [-0.1, -0.05) is 26.0 Å². The van der Waals surface area contributed by atoms with Crippen molar-refractivity contribution in [3.8, 4) is 0 Å². The molecule has 1 saturated heterocycles. The Morgan fingerprint density at radius 3 is 2.23 bits per heavy atom. The van der Waals surface area contributed by atoms with Crippen molar-refractivity contribution in [2.24, 2.45) is 4.99 Å². The number of hydrogen-bond donors (Lipinski definition) is 0. The molecule has 1 fully saturated rings. The molecule has 0 radical (unpaired) electrons. The quantitative estimate of drug-likeness (QED) is 0.418. The molecule has 0 amide bonds. The van der Waals surface area contributed by atoms with Gasteiger partial charge in [0, 0.05) is 24.5 Å². The molecular formula is C27H39FN2. The van der Waals surface area contributed by atoms with Gasteiger partial charge in [0.1, 0.15) is 5.82 Å².